The van der Waals surface area contributed by atoms with E-state index in [9.17, 15) is 12.8 Å². The molecule has 0 unspecified atom stereocenters. The van der Waals surface area contributed by atoms with Crippen LogP contribution in [0.2, 0.25) is 5.02 Å². The average molecular weight is 364 g/mol. The molecule has 0 radical (unpaired) electrons. The first-order valence-electron chi connectivity index (χ1n) is 6.86. The van der Waals surface area contributed by atoms with Crippen LogP contribution in [0.15, 0.2) is 76.7 Å². The van der Waals surface area contributed by atoms with E-state index >= 15 is 0 Å². The Bertz CT molecular complexity index is 961. The normalized spacial score (nSPS) is 11.2. The van der Waals surface area contributed by atoms with Gasteiger partial charge in [-0.25, -0.2) is 17.8 Å². The van der Waals surface area contributed by atoms with Crippen LogP contribution < -0.4 is 4.74 Å². The Hall–Kier alpha value is -2.44. The molecule has 1 aromatic heterocycles. The first-order valence-corrected chi connectivity index (χ1v) is 8.72. The van der Waals surface area contributed by atoms with Crippen molar-refractivity contribution >= 4 is 21.4 Å². The van der Waals surface area contributed by atoms with Gasteiger partial charge in [0.2, 0.25) is 15.7 Å². The molecule has 0 amide bonds. The van der Waals surface area contributed by atoms with Gasteiger partial charge in [0.1, 0.15) is 11.6 Å². The van der Waals surface area contributed by atoms with E-state index in [1.54, 1.807) is 24.4 Å². The first kappa shape index (κ1) is 16.4. The maximum absolute atomic E-state index is 13.0. The summed E-state index contributed by atoms with van der Waals surface area (Å²) in [6.45, 7) is 0. The van der Waals surface area contributed by atoms with Gasteiger partial charge in [-0.1, -0.05) is 17.7 Å². The van der Waals surface area contributed by atoms with Gasteiger partial charge in [0.25, 0.3) is 0 Å². The second kappa shape index (κ2) is 6.59. The summed E-state index contributed by atoms with van der Waals surface area (Å²) in [6, 6.07) is 13.8. The van der Waals surface area contributed by atoms with Crippen molar-refractivity contribution in [2.24, 2.45) is 0 Å². The van der Waals surface area contributed by atoms with Crippen molar-refractivity contribution in [2.75, 3.05) is 0 Å². The van der Waals surface area contributed by atoms with E-state index in [0.29, 0.717) is 0 Å². The minimum Gasteiger partial charge on any atom is -0.437 e. The standard InChI is InChI=1S/C17H11ClFNO3S/c18-15-9-8-14(11-16(15)23-17-3-1-2-10-20-17)24(21,22)13-6-4-12(19)5-7-13/h1-11H. The largest absolute Gasteiger partial charge is 0.437 e. The summed E-state index contributed by atoms with van der Waals surface area (Å²) in [5.41, 5.74) is 0. The molecule has 3 rings (SSSR count). The summed E-state index contributed by atoms with van der Waals surface area (Å²) in [5.74, 6) is -0.0569. The number of ether oxygens (including phenoxy) is 1. The number of nitrogens with zero attached hydrogens (tertiary/aromatic N) is 1. The van der Waals surface area contributed by atoms with E-state index in [1.165, 1.54) is 30.3 Å². The quantitative estimate of drug-likeness (QED) is 0.640. The molecule has 0 fully saturated rings. The summed E-state index contributed by atoms with van der Waals surface area (Å²) in [6.07, 6.45) is 1.54. The summed E-state index contributed by atoms with van der Waals surface area (Å²) < 4.78 is 43.8. The van der Waals surface area contributed by atoms with Crippen LogP contribution in [0.1, 0.15) is 0 Å². The number of pyridine rings is 1. The first-order chi connectivity index (χ1) is 11.5. The van der Waals surface area contributed by atoms with Crippen LogP contribution in [-0.4, -0.2) is 13.4 Å². The number of hydrogen-bond donors (Lipinski definition) is 0. The predicted octanol–water partition coefficient (Wildman–Crippen LogP) is 4.50. The van der Waals surface area contributed by atoms with Crippen LogP contribution in [0.3, 0.4) is 0 Å². The van der Waals surface area contributed by atoms with Crippen LogP contribution >= 0.6 is 11.6 Å². The minimum atomic E-state index is -3.81. The zero-order valence-corrected chi connectivity index (χ0v) is 13.8. The van der Waals surface area contributed by atoms with Crippen molar-refractivity contribution in [3.63, 3.8) is 0 Å². The van der Waals surface area contributed by atoms with Gasteiger partial charge in [0, 0.05) is 18.3 Å². The summed E-state index contributed by atoms with van der Waals surface area (Å²) >= 11 is 6.07. The third-order valence-corrected chi connectivity index (χ3v) is 5.27. The van der Waals surface area contributed by atoms with E-state index in [2.05, 4.69) is 4.98 Å². The topological polar surface area (TPSA) is 56.3 Å². The Morgan fingerprint density at radius 1 is 0.958 bits per heavy atom. The lowest BCUT2D eigenvalue weighted by Gasteiger charge is -2.10. The molecule has 0 aliphatic rings. The van der Waals surface area contributed by atoms with E-state index in [-0.39, 0.29) is 26.4 Å². The Labute approximate surface area is 143 Å². The molecule has 0 aliphatic carbocycles. The predicted molar refractivity (Wildman–Crippen MR) is 87.6 cm³/mol. The van der Waals surface area contributed by atoms with Crippen LogP contribution in [0.4, 0.5) is 4.39 Å². The van der Waals surface area contributed by atoms with Gasteiger partial charge in [0.15, 0.2) is 0 Å². The molecule has 1 heterocycles. The molecular weight excluding hydrogens is 353 g/mol. The summed E-state index contributed by atoms with van der Waals surface area (Å²) in [4.78, 5) is 3.97. The molecule has 0 atom stereocenters. The minimum absolute atomic E-state index is 0.00978. The summed E-state index contributed by atoms with van der Waals surface area (Å²) in [5, 5.41) is 0.249. The van der Waals surface area contributed by atoms with Gasteiger partial charge in [0.05, 0.1) is 14.8 Å². The zero-order valence-electron chi connectivity index (χ0n) is 12.2. The lowest BCUT2D eigenvalue weighted by atomic mass is 10.3. The SMILES string of the molecule is O=S(=O)(c1ccc(F)cc1)c1ccc(Cl)c(Oc2ccccn2)c1. The van der Waals surface area contributed by atoms with Crippen LogP contribution in [0.25, 0.3) is 0 Å². The second-order valence-electron chi connectivity index (χ2n) is 4.82. The highest BCUT2D eigenvalue weighted by atomic mass is 35.5. The van der Waals surface area contributed by atoms with E-state index in [4.69, 9.17) is 16.3 Å². The fourth-order valence-electron chi connectivity index (χ4n) is 2.00. The van der Waals surface area contributed by atoms with E-state index in [1.807, 2.05) is 0 Å². The van der Waals surface area contributed by atoms with Crippen molar-refractivity contribution in [1.29, 1.82) is 0 Å². The molecule has 4 nitrogen and oxygen atoms in total. The molecule has 24 heavy (non-hydrogen) atoms. The lowest BCUT2D eigenvalue weighted by molar-refractivity contribution is 0.461. The highest BCUT2D eigenvalue weighted by molar-refractivity contribution is 7.91. The molecular formula is C17H11ClFNO3S. The van der Waals surface area contributed by atoms with Gasteiger partial charge in [-0.15, -0.1) is 0 Å². The fourth-order valence-corrected chi connectivity index (χ4v) is 3.43. The highest BCUT2D eigenvalue weighted by Gasteiger charge is 2.19. The molecule has 2 aromatic carbocycles. The molecule has 0 spiro atoms. The van der Waals surface area contributed by atoms with Gasteiger partial charge >= 0.3 is 0 Å². The number of aromatic nitrogens is 1. The van der Waals surface area contributed by atoms with Gasteiger partial charge in [-0.05, 0) is 42.5 Å². The maximum atomic E-state index is 13.0. The Morgan fingerprint density at radius 3 is 2.33 bits per heavy atom. The molecule has 0 saturated heterocycles. The smallest absolute Gasteiger partial charge is 0.219 e. The van der Waals surface area contributed by atoms with Crippen molar-refractivity contribution in [1.82, 2.24) is 4.98 Å². The van der Waals surface area contributed by atoms with Crippen LogP contribution in [0.5, 0.6) is 11.6 Å². The highest BCUT2D eigenvalue weighted by Crippen LogP contribution is 2.32. The van der Waals surface area contributed by atoms with E-state index in [0.717, 1.165) is 12.1 Å². The maximum Gasteiger partial charge on any atom is 0.219 e. The van der Waals surface area contributed by atoms with Crippen molar-refractivity contribution < 1.29 is 17.5 Å². The summed E-state index contributed by atoms with van der Waals surface area (Å²) in [7, 11) is -3.81. The number of halogens is 2. The lowest BCUT2D eigenvalue weighted by Crippen LogP contribution is -2.02. The number of sulfone groups is 1. The number of hydrogen-bond acceptors (Lipinski definition) is 4. The van der Waals surface area contributed by atoms with Crippen molar-refractivity contribution in [3.8, 4) is 11.6 Å². The third-order valence-electron chi connectivity index (χ3n) is 3.19. The molecule has 7 heteroatoms. The fraction of sp³-hybridized carbons (Fsp3) is 0. The molecule has 0 aliphatic heterocycles. The Kier molecular flexibility index (Phi) is 4.51. The molecule has 122 valence electrons. The molecule has 0 N–H and O–H groups in total. The third kappa shape index (κ3) is 3.39. The van der Waals surface area contributed by atoms with Crippen LogP contribution in [-0.2, 0) is 9.84 Å². The van der Waals surface area contributed by atoms with Crippen LogP contribution in [0, 0.1) is 5.82 Å². The second-order valence-corrected chi connectivity index (χ2v) is 7.18. The van der Waals surface area contributed by atoms with Gasteiger partial charge < -0.3 is 4.74 Å². The van der Waals surface area contributed by atoms with Crippen molar-refractivity contribution in [3.05, 3.63) is 77.7 Å². The molecule has 3 aromatic rings. The van der Waals surface area contributed by atoms with Gasteiger partial charge in [-0.3, -0.25) is 0 Å². The molecule has 0 saturated carbocycles. The average Bonchev–Trinajstić information content (AvgIpc) is 2.58. The molecule has 0 bridgehead atoms. The number of rotatable bonds is 4. The monoisotopic (exact) mass is 363 g/mol. The van der Waals surface area contributed by atoms with Gasteiger partial charge in [-0.2, -0.15) is 0 Å². The number of benzene rings is 2. The van der Waals surface area contributed by atoms with E-state index < -0.39 is 15.7 Å². The Balaban J connectivity index is 2.00. The van der Waals surface area contributed by atoms with Crippen molar-refractivity contribution in [2.45, 2.75) is 9.79 Å². The zero-order chi connectivity index (χ0) is 17.2. The Morgan fingerprint density at radius 2 is 1.67 bits per heavy atom.